The van der Waals surface area contributed by atoms with Gasteiger partial charge in [-0.15, -0.1) is 0 Å². The molecule has 10 heavy (non-hydrogen) atoms. The van der Waals surface area contributed by atoms with Crippen LogP contribution in [0.15, 0.2) is 39.4 Å². The summed E-state index contributed by atoms with van der Waals surface area (Å²) in [6, 6.07) is 0. The van der Waals surface area contributed by atoms with Gasteiger partial charge in [-0.3, -0.25) is 4.99 Å². The smallest absolute Gasteiger partial charge is 0.0645 e. The summed E-state index contributed by atoms with van der Waals surface area (Å²) in [4.78, 5) is 4.25. The summed E-state index contributed by atoms with van der Waals surface area (Å²) >= 11 is 0. The van der Waals surface area contributed by atoms with Gasteiger partial charge in [-0.2, -0.15) is 0 Å². The van der Waals surface area contributed by atoms with Gasteiger partial charge in [0.1, 0.15) is 0 Å². The summed E-state index contributed by atoms with van der Waals surface area (Å²) in [6.45, 7) is 0.902. The quantitative estimate of drug-likeness (QED) is 0.471. The highest BCUT2D eigenvalue weighted by atomic mass is 14.7. The molecule has 0 aromatic carbocycles. The lowest BCUT2D eigenvalue weighted by atomic mass is 9.97. The third-order valence-electron chi connectivity index (χ3n) is 2.28. The largest absolute Gasteiger partial charge is 0.288 e. The Labute approximate surface area is 59.5 Å². The zero-order valence-electron chi connectivity index (χ0n) is 5.59. The van der Waals surface area contributed by atoms with E-state index < -0.39 is 0 Å². The van der Waals surface area contributed by atoms with E-state index in [0.29, 0.717) is 0 Å². The van der Waals surface area contributed by atoms with Crippen molar-refractivity contribution in [2.75, 3.05) is 6.54 Å². The Morgan fingerprint density at radius 1 is 1.30 bits per heavy atom. The van der Waals surface area contributed by atoms with Gasteiger partial charge in [0.25, 0.3) is 0 Å². The van der Waals surface area contributed by atoms with E-state index in [1.54, 1.807) is 0 Å². The first-order chi connectivity index (χ1) is 4.93. The molecule has 1 nitrogen and oxygen atoms in total. The van der Waals surface area contributed by atoms with Gasteiger partial charge < -0.3 is 0 Å². The van der Waals surface area contributed by atoms with E-state index in [1.165, 1.54) is 22.3 Å². The third kappa shape index (κ3) is 0.386. The van der Waals surface area contributed by atoms with Crippen molar-refractivity contribution in [2.24, 2.45) is 4.99 Å². The number of nitrogens with zero attached hydrogens (tertiary/aromatic N) is 1. The van der Waals surface area contributed by atoms with E-state index in [2.05, 4.69) is 17.1 Å². The van der Waals surface area contributed by atoms with E-state index in [0.717, 1.165) is 13.0 Å². The van der Waals surface area contributed by atoms with E-state index in [9.17, 15) is 0 Å². The Morgan fingerprint density at radius 3 is 3.00 bits per heavy atom. The lowest BCUT2D eigenvalue weighted by Crippen LogP contribution is -2.03. The lowest BCUT2D eigenvalue weighted by Gasteiger charge is -2.12. The molecule has 0 aromatic heterocycles. The van der Waals surface area contributed by atoms with Crippen LogP contribution in [-0.4, -0.2) is 12.8 Å². The Morgan fingerprint density at radius 2 is 2.30 bits per heavy atom. The first-order valence-corrected chi connectivity index (χ1v) is 3.58. The van der Waals surface area contributed by atoms with Crippen molar-refractivity contribution in [3.63, 3.8) is 0 Å². The average molecular weight is 129 g/mol. The minimum Gasteiger partial charge on any atom is -0.288 e. The fourth-order valence-electron chi connectivity index (χ4n) is 1.84. The van der Waals surface area contributed by atoms with Crippen LogP contribution in [-0.2, 0) is 0 Å². The normalized spacial score (nSPS) is 25.6. The molecule has 2 aliphatic carbocycles. The van der Waals surface area contributed by atoms with Gasteiger partial charge in [-0.05, 0) is 28.7 Å². The van der Waals surface area contributed by atoms with Crippen molar-refractivity contribution < 1.29 is 0 Å². The third-order valence-corrected chi connectivity index (χ3v) is 2.28. The highest BCUT2D eigenvalue weighted by molar-refractivity contribution is 5.89. The zero-order valence-corrected chi connectivity index (χ0v) is 5.59. The van der Waals surface area contributed by atoms with E-state index in [-0.39, 0.29) is 0 Å². The summed E-state index contributed by atoms with van der Waals surface area (Å²) in [5, 5.41) is 0. The van der Waals surface area contributed by atoms with Crippen molar-refractivity contribution in [1.82, 2.24) is 0 Å². The molecule has 1 aliphatic heterocycles. The molecule has 1 heterocycles. The topological polar surface area (TPSA) is 12.4 Å². The number of rotatable bonds is 0. The standard InChI is InChI=1S/C9H7N/c1-6-2-8-5-10-4-7(1)9(8)3-6/h1,3,5H,2,4H2. The number of hydrogen-bond acceptors (Lipinski definition) is 1. The van der Waals surface area contributed by atoms with Gasteiger partial charge in [-0.1, -0.05) is 12.2 Å². The maximum atomic E-state index is 4.25. The van der Waals surface area contributed by atoms with E-state index in [4.69, 9.17) is 0 Å². The van der Waals surface area contributed by atoms with Crippen molar-refractivity contribution in [3.8, 4) is 0 Å². The van der Waals surface area contributed by atoms with Crippen LogP contribution in [0.2, 0.25) is 0 Å². The number of dihydropyridines is 1. The number of aliphatic imine (C=N–C) groups is 1. The molecule has 0 saturated carbocycles. The molecule has 0 amide bonds. The lowest BCUT2D eigenvalue weighted by molar-refractivity contribution is 1.10. The molecule has 3 aliphatic rings. The number of hydrogen-bond donors (Lipinski definition) is 0. The zero-order chi connectivity index (χ0) is 6.55. The van der Waals surface area contributed by atoms with Crippen LogP contribution in [0.4, 0.5) is 0 Å². The second kappa shape index (κ2) is 1.31. The van der Waals surface area contributed by atoms with Crippen molar-refractivity contribution in [3.05, 3.63) is 34.4 Å². The second-order valence-corrected chi connectivity index (χ2v) is 2.97. The van der Waals surface area contributed by atoms with Crippen LogP contribution < -0.4 is 0 Å². The Hall–Kier alpha value is -1.11. The minimum absolute atomic E-state index is 0.902. The van der Waals surface area contributed by atoms with Crippen molar-refractivity contribution >= 4 is 6.21 Å². The highest BCUT2D eigenvalue weighted by Gasteiger charge is 2.24. The first kappa shape index (κ1) is 4.67. The summed E-state index contributed by atoms with van der Waals surface area (Å²) in [7, 11) is 0. The molecule has 2 bridgehead atoms. The van der Waals surface area contributed by atoms with Crippen molar-refractivity contribution in [2.45, 2.75) is 6.42 Å². The molecule has 1 heteroatoms. The van der Waals surface area contributed by atoms with Crippen LogP contribution in [0.25, 0.3) is 0 Å². The van der Waals surface area contributed by atoms with Gasteiger partial charge in [-0.25, -0.2) is 0 Å². The fourth-order valence-corrected chi connectivity index (χ4v) is 1.84. The minimum atomic E-state index is 0.902. The Bertz CT molecular complexity index is 327. The molecule has 0 fully saturated rings. The second-order valence-electron chi connectivity index (χ2n) is 2.97. The predicted octanol–water partition coefficient (Wildman–Crippen LogP) is 1.64. The average Bonchev–Trinajstić information content (AvgIpc) is 2.40. The maximum absolute atomic E-state index is 4.25. The number of allylic oxidation sites excluding steroid dienone is 4. The van der Waals surface area contributed by atoms with Crippen LogP contribution in [0, 0.1) is 0 Å². The highest BCUT2D eigenvalue weighted by Crippen LogP contribution is 2.38. The Kier molecular flexibility index (Phi) is 0.613. The summed E-state index contributed by atoms with van der Waals surface area (Å²) in [6.07, 6.45) is 7.71. The fraction of sp³-hybridized carbons (Fsp3) is 0.222. The molecule has 0 atom stereocenters. The molecule has 48 valence electrons. The molecule has 0 unspecified atom stereocenters. The molecule has 0 radical (unpaired) electrons. The predicted molar refractivity (Wildman–Crippen MR) is 41.2 cm³/mol. The summed E-state index contributed by atoms with van der Waals surface area (Å²) in [5.74, 6) is 0. The maximum Gasteiger partial charge on any atom is 0.0645 e. The van der Waals surface area contributed by atoms with Crippen LogP contribution in [0.1, 0.15) is 6.42 Å². The van der Waals surface area contributed by atoms with Crippen LogP contribution in [0.5, 0.6) is 0 Å². The van der Waals surface area contributed by atoms with Crippen LogP contribution in [0.3, 0.4) is 0 Å². The molecule has 0 spiro atoms. The van der Waals surface area contributed by atoms with Crippen LogP contribution >= 0.6 is 0 Å². The Balaban J connectivity index is 2.31. The molecule has 0 N–H and O–H groups in total. The van der Waals surface area contributed by atoms with E-state index in [1.807, 2.05) is 6.21 Å². The van der Waals surface area contributed by atoms with Crippen molar-refractivity contribution in [1.29, 1.82) is 0 Å². The van der Waals surface area contributed by atoms with Gasteiger partial charge in [0.2, 0.25) is 0 Å². The monoisotopic (exact) mass is 129 g/mol. The van der Waals surface area contributed by atoms with E-state index >= 15 is 0 Å². The molecular formula is C9H7N. The molecule has 3 rings (SSSR count). The summed E-state index contributed by atoms with van der Waals surface area (Å²) < 4.78 is 0. The SMILES string of the molecule is C1=NCC2=CC3=CC2=C1C3. The van der Waals surface area contributed by atoms with Gasteiger partial charge in [0.05, 0.1) is 6.54 Å². The first-order valence-electron chi connectivity index (χ1n) is 3.58. The van der Waals surface area contributed by atoms with Gasteiger partial charge >= 0.3 is 0 Å². The molecular weight excluding hydrogens is 122 g/mol. The van der Waals surface area contributed by atoms with Gasteiger partial charge in [0, 0.05) is 6.21 Å². The molecule has 0 saturated heterocycles. The molecule has 0 aromatic rings. The van der Waals surface area contributed by atoms with Gasteiger partial charge in [0.15, 0.2) is 0 Å². The summed E-state index contributed by atoms with van der Waals surface area (Å²) in [5.41, 5.74) is 5.80.